The predicted molar refractivity (Wildman–Crippen MR) is 64.1 cm³/mol. The molecule has 0 amide bonds. The van der Waals surface area contributed by atoms with Gasteiger partial charge in [0.15, 0.2) is 0 Å². The molecule has 1 aliphatic rings. The van der Waals surface area contributed by atoms with Gasteiger partial charge >= 0.3 is 5.97 Å². The highest BCUT2D eigenvalue weighted by Gasteiger charge is 2.23. The van der Waals surface area contributed by atoms with Crippen LogP contribution in [-0.4, -0.2) is 62.5 Å². The van der Waals surface area contributed by atoms with Gasteiger partial charge in [0.1, 0.15) is 0 Å². The van der Waals surface area contributed by atoms with E-state index in [9.17, 15) is 4.79 Å². The number of aliphatic carboxylic acids is 1. The quantitative estimate of drug-likeness (QED) is 0.642. The van der Waals surface area contributed by atoms with Crippen molar-refractivity contribution in [3.05, 3.63) is 0 Å². The summed E-state index contributed by atoms with van der Waals surface area (Å²) < 4.78 is 10.4. The van der Waals surface area contributed by atoms with Crippen molar-refractivity contribution in [2.45, 2.75) is 19.3 Å². The second-order valence-electron chi connectivity index (χ2n) is 4.41. The first-order valence-corrected chi connectivity index (χ1v) is 6.26. The summed E-state index contributed by atoms with van der Waals surface area (Å²) >= 11 is 0. The van der Waals surface area contributed by atoms with E-state index < -0.39 is 5.97 Å². The fourth-order valence-corrected chi connectivity index (χ4v) is 2.00. The first-order chi connectivity index (χ1) is 8.24. The Bertz CT molecular complexity index is 215. The number of hydrogen-bond acceptors (Lipinski definition) is 4. The molecule has 1 saturated heterocycles. The molecule has 100 valence electrons. The number of carbonyl (C=O) groups is 1. The highest BCUT2D eigenvalue weighted by Crippen LogP contribution is 2.16. The van der Waals surface area contributed by atoms with Gasteiger partial charge in [0.25, 0.3) is 0 Å². The summed E-state index contributed by atoms with van der Waals surface area (Å²) in [5, 5.41) is 8.87. The summed E-state index contributed by atoms with van der Waals surface area (Å²) in [4.78, 5) is 13.0. The first-order valence-electron chi connectivity index (χ1n) is 6.26. The smallest absolute Gasteiger partial charge is 0.306 e. The van der Waals surface area contributed by atoms with Crippen LogP contribution in [0.25, 0.3) is 0 Å². The molecule has 0 aromatic rings. The Morgan fingerprint density at radius 1 is 1.29 bits per heavy atom. The van der Waals surface area contributed by atoms with Gasteiger partial charge in [0.05, 0.1) is 12.5 Å². The minimum absolute atomic E-state index is 0.145. The van der Waals surface area contributed by atoms with Gasteiger partial charge in [-0.2, -0.15) is 0 Å². The van der Waals surface area contributed by atoms with E-state index in [2.05, 4.69) is 4.90 Å². The molecule has 0 aromatic heterocycles. The highest BCUT2D eigenvalue weighted by atomic mass is 16.5. The monoisotopic (exact) mass is 245 g/mol. The van der Waals surface area contributed by atoms with Gasteiger partial charge in [0, 0.05) is 26.9 Å². The molecule has 0 spiro atoms. The van der Waals surface area contributed by atoms with Gasteiger partial charge in [-0.15, -0.1) is 0 Å². The van der Waals surface area contributed by atoms with Crippen molar-refractivity contribution in [2.24, 2.45) is 5.92 Å². The van der Waals surface area contributed by atoms with Crippen LogP contribution in [-0.2, 0) is 14.3 Å². The van der Waals surface area contributed by atoms with Crippen LogP contribution in [0.15, 0.2) is 0 Å². The molecule has 0 saturated carbocycles. The number of likely N-dealkylation sites (tertiary alicyclic amines) is 1. The molecule has 0 atom stereocenters. The molecule has 1 N–H and O–H groups in total. The van der Waals surface area contributed by atoms with Crippen LogP contribution in [0.3, 0.4) is 0 Å². The summed E-state index contributed by atoms with van der Waals surface area (Å²) in [5.41, 5.74) is 0. The topological polar surface area (TPSA) is 59.0 Å². The maximum absolute atomic E-state index is 10.8. The van der Waals surface area contributed by atoms with Crippen molar-refractivity contribution in [1.29, 1.82) is 0 Å². The van der Waals surface area contributed by atoms with Crippen molar-refractivity contribution in [1.82, 2.24) is 4.90 Å². The van der Waals surface area contributed by atoms with Crippen molar-refractivity contribution in [2.75, 3.05) is 46.6 Å². The van der Waals surface area contributed by atoms with E-state index in [0.29, 0.717) is 0 Å². The largest absolute Gasteiger partial charge is 0.481 e. The average molecular weight is 245 g/mol. The molecule has 0 unspecified atom stereocenters. The Balaban J connectivity index is 1.97. The normalized spacial score (nSPS) is 18.4. The lowest BCUT2D eigenvalue weighted by Gasteiger charge is -2.29. The Hall–Kier alpha value is -0.650. The van der Waals surface area contributed by atoms with Gasteiger partial charge in [-0.3, -0.25) is 4.79 Å². The third-order valence-electron chi connectivity index (χ3n) is 3.13. The molecule has 0 aromatic carbocycles. The molecule has 5 nitrogen and oxygen atoms in total. The molecular weight excluding hydrogens is 222 g/mol. The number of hydrogen-bond donors (Lipinski definition) is 1. The van der Waals surface area contributed by atoms with Crippen LogP contribution in [0.2, 0.25) is 0 Å². The Labute approximate surface area is 103 Å². The van der Waals surface area contributed by atoms with Gasteiger partial charge in [-0.25, -0.2) is 0 Å². The standard InChI is InChI=1S/C12H23NO4/c1-16-8-2-9-17-10-7-13-5-3-11(4-6-13)12(14)15/h11H,2-10H2,1H3,(H,14,15). The number of nitrogens with zero attached hydrogens (tertiary/aromatic N) is 1. The third-order valence-corrected chi connectivity index (χ3v) is 3.13. The van der Waals surface area contributed by atoms with Crippen LogP contribution < -0.4 is 0 Å². The zero-order valence-corrected chi connectivity index (χ0v) is 10.6. The number of carboxylic acid groups (broad SMARTS) is 1. The van der Waals surface area contributed by atoms with Gasteiger partial charge < -0.3 is 19.5 Å². The SMILES string of the molecule is COCCCOCCN1CCC(C(=O)O)CC1. The Kier molecular flexibility index (Phi) is 7.16. The first kappa shape index (κ1) is 14.4. The van der Waals surface area contributed by atoms with Crippen LogP contribution in [0, 0.1) is 5.92 Å². The molecule has 0 bridgehead atoms. The summed E-state index contributed by atoms with van der Waals surface area (Å²) in [7, 11) is 1.69. The van der Waals surface area contributed by atoms with E-state index in [-0.39, 0.29) is 5.92 Å². The van der Waals surface area contributed by atoms with Gasteiger partial charge in [-0.05, 0) is 32.4 Å². The van der Waals surface area contributed by atoms with Crippen molar-refractivity contribution in [3.8, 4) is 0 Å². The van der Waals surface area contributed by atoms with E-state index in [4.69, 9.17) is 14.6 Å². The number of carboxylic acids is 1. The van der Waals surface area contributed by atoms with E-state index in [1.54, 1.807) is 7.11 Å². The molecule has 1 fully saturated rings. The van der Waals surface area contributed by atoms with Crippen molar-refractivity contribution in [3.63, 3.8) is 0 Å². The zero-order valence-electron chi connectivity index (χ0n) is 10.6. The fraction of sp³-hybridized carbons (Fsp3) is 0.917. The van der Waals surface area contributed by atoms with Gasteiger partial charge in [-0.1, -0.05) is 0 Å². The van der Waals surface area contributed by atoms with Crippen LogP contribution in [0.4, 0.5) is 0 Å². The maximum Gasteiger partial charge on any atom is 0.306 e. The number of rotatable bonds is 8. The third kappa shape index (κ3) is 6.00. The molecule has 0 aliphatic carbocycles. The minimum Gasteiger partial charge on any atom is -0.481 e. The minimum atomic E-state index is -0.652. The van der Waals surface area contributed by atoms with E-state index in [1.807, 2.05) is 0 Å². The molecule has 5 heteroatoms. The predicted octanol–water partition coefficient (Wildman–Crippen LogP) is 0.836. The summed E-state index contributed by atoms with van der Waals surface area (Å²) in [6.45, 7) is 4.85. The molecular formula is C12H23NO4. The number of methoxy groups -OCH3 is 1. The Morgan fingerprint density at radius 2 is 2.00 bits per heavy atom. The zero-order chi connectivity index (χ0) is 12.5. The summed E-state index contributed by atoms with van der Waals surface area (Å²) in [6, 6.07) is 0. The second-order valence-corrected chi connectivity index (χ2v) is 4.41. The number of ether oxygens (including phenoxy) is 2. The lowest BCUT2D eigenvalue weighted by atomic mass is 9.97. The molecule has 1 aliphatic heterocycles. The summed E-state index contributed by atoms with van der Waals surface area (Å²) in [6.07, 6.45) is 2.45. The lowest BCUT2D eigenvalue weighted by molar-refractivity contribution is -0.143. The number of piperidine rings is 1. The molecule has 17 heavy (non-hydrogen) atoms. The summed E-state index contributed by atoms with van der Waals surface area (Å²) in [5.74, 6) is -0.797. The van der Waals surface area contributed by atoms with Crippen molar-refractivity contribution >= 4 is 5.97 Å². The lowest BCUT2D eigenvalue weighted by Crippen LogP contribution is -2.38. The average Bonchev–Trinajstić information content (AvgIpc) is 2.34. The van der Waals surface area contributed by atoms with E-state index >= 15 is 0 Å². The highest BCUT2D eigenvalue weighted by molar-refractivity contribution is 5.70. The maximum atomic E-state index is 10.8. The molecule has 1 rings (SSSR count). The van der Waals surface area contributed by atoms with Crippen molar-refractivity contribution < 1.29 is 19.4 Å². The Morgan fingerprint density at radius 3 is 2.59 bits per heavy atom. The van der Waals surface area contributed by atoms with Crippen LogP contribution >= 0.6 is 0 Å². The molecule has 1 heterocycles. The van der Waals surface area contributed by atoms with E-state index in [0.717, 1.165) is 58.7 Å². The van der Waals surface area contributed by atoms with Crippen LogP contribution in [0.1, 0.15) is 19.3 Å². The van der Waals surface area contributed by atoms with E-state index in [1.165, 1.54) is 0 Å². The van der Waals surface area contributed by atoms with Gasteiger partial charge in [0.2, 0.25) is 0 Å². The van der Waals surface area contributed by atoms with Crippen LogP contribution in [0.5, 0.6) is 0 Å². The second kappa shape index (κ2) is 8.44. The molecule has 0 radical (unpaired) electrons. The fourth-order valence-electron chi connectivity index (χ4n) is 2.00.